The molecule has 2 N–H and O–H groups in total. The molecule has 0 radical (unpaired) electrons. The summed E-state index contributed by atoms with van der Waals surface area (Å²) >= 11 is 1.56. The molecular weight excluding hydrogens is 348 g/mol. The van der Waals surface area contributed by atoms with E-state index in [4.69, 9.17) is 0 Å². The van der Waals surface area contributed by atoms with Crippen molar-refractivity contribution in [3.63, 3.8) is 0 Å². The van der Waals surface area contributed by atoms with E-state index in [0.717, 1.165) is 29.1 Å². The average molecular weight is 366 g/mol. The van der Waals surface area contributed by atoms with Gasteiger partial charge in [0.05, 0.1) is 12.2 Å². The van der Waals surface area contributed by atoms with Crippen molar-refractivity contribution < 1.29 is 9.59 Å². The molecule has 7 heteroatoms. The fourth-order valence-electron chi connectivity index (χ4n) is 2.51. The highest BCUT2D eigenvalue weighted by Crippen LogP contribution is 2.19. The second-order valence-corrected chi connectivity index (χ2v) is 7.12. The van der Waals surface area contributed by atoms with Gasteiger partial charge in [-0.1, -0.05) is 12.1 Å². The Morgan fingerprint density at radius 1 is 1.27 bits per heavy atom. The normalized spacial score (nSPS) is 14.0. The van der Waals surface area contributed by atoms with Gasteiger partial charge in [0, 0.05) is 35.5 Å². The van der Waals surface area contributed by atoms with E-state index < -0.39 is 0 Å². The van der Waals surface area contributed by atoms with Crippen molar-refractivity contribution in [1.82, 2.24) is 20.0 Å². The van der Waals surface area contributed by atoms with Crippen molar-refractivity contribution >= 4 is 34.2 Å². The Morgan fingerprint density at radius 2 is 2.08 bits per heavy atom. The Hall–Kier alpha value is -2.93. The third-order valence-corrected chi connectivity index (χ3v) is 4.87. The molecule has 0 bridgehead atoms. The summed E-state index contributed by atoms with van der Waals surface area (Å²) in [6.07, 6.45) is 9.19. The third kappa shape index (κ3) is 4.00. The number of nitrogens with zero attached hydrogens (tertiary/aromatic N) is 2. The smallest absolute Gasteiger partial charge is 0.251 e. The number of imidazole rings is 1. The fraction of sp³-hybridized carbons (Fsp3) is 0.211. The third-order valence-electron chi connectivity index (χ3n) is 4.10. The molecule has 0 atom stereocenters. The van der Waals surface area contributed by atoms with Crippen LogP contribution in [0.2, 0.25) is 0 Å². The summed E-state index contributed by atoms with van der Waals surface area (Å²) in [4.78, 5) is 29.2. The van der Waals surface area contributed by atoms with Crippen LogP contribution in [0.25, 0.3) is 11.0 Å². The van der Waals surface area contributed by atoms with Crippen molar-refractivity contribution in [3.8, 4) is 0 Å². The first-order valence-corrected chi connectivity index (χ1v) is 9.33. The van der Waals surface area contributed by atoms with Crippen molar-refractivity contribution in [3.05, 3.63) is 64.9 Å². The van der Waals surface area contributed by atoms with Crippen LogP contribution >= 0.6 is 11.3 Å². The van der Waals surface area contributed by atoms with E-state index in [1.165, 1.54) is 6.08 Å². The first-order valence-electron chi connectivity index (χ1n) is 8.45. The van der Waals surface area contributed by atoms with Gasteiger partial charge >= 0.3 is 0 Å². The molecule has 1 aliphatic rings. The molecule has 26 heavy (non-hydrogen) atoms. The summed E-state index contributed by atoms with van der Waals surface area (Å²) < 4.78 is 1.93. The van der Waals surface area contributed by atoms with Crippen molar-refractivity contribution in [2.75, 3.05) is 0 Å². The molecule has 1 aliphatic carbocycles. The Balaban J connectivity index is 1.29. The number of amides is 2. The monoisotopic (exact) mass is 366 g/mol. The minimum atomic E-state index is -0.183. The highest BCUT2D eigenvalue weighted by Gasteiger charge is 2.23. The molecule has 6 nitrogen and oxygen atoms in total. The van der Waals surface area contributed by atoms with Crippen LogP contribution in [-0.2, 0) is 11.3 Å². The van der Waals surface area contributed by atoms with E-state index in [9.17, 15) is 9.59 Å². The van der Waals surface area contributed by atoms with Gasteiger partial charge in [-0.3, -0.25) is 14.0 Å². The van der Waals surface area contributed by atoms with Gasteiger partial charge in [-0.15, -0.1) is 11.3 Å². The molecule has 1 aromatic carbocycles. The lowest BCUT2D eigenvalue weighted by molar-refractivity contribution is -0.116. The number of carbonyl (C=O) groups is 2. The van der Waals surface area contributed by atoms with Gasteiger partial charge in [0.1, 0.15) is 0 Å². The van der Waals surface area contributed by atoms with Gasteiger partial charge in [0.15, 0.2) is 4.96 Å². The van der Waals surface area contributed by atoms with E-state index in [2.05, 4.69) is 15.6 Å². The number of benzene rings is 1. The van der Waals surface area contributed by atoms with E-state index in [1.807, 2.05) is 34.3 Å². The van der Waals surface area contributed by atoms with Gasteiger partial charge in [-0.25, -0.2) is 4.98 Å². The van der Waals surface area contributed by atoms with E-state index >= 15 is 0 Å². The van der Waals surface area contributed by atoms with Crippen LogP contribution in [0.15, 0.2) is 48.1 Å². The highest BCUT2D eigenvalue weighted by atomic mass is 32.1. The Bertz CT molecular complexity index is 939. The number of aromatic nitrogens is 2. The molecular formula is C19H18N4O2S. The molecule has 0 unspecified atom stereocenters. The zero-order valence-electron chi connectivity index (χ0n) is 14.0. The summed E-state index contributed by atoms with van der Waals surface area (Å²) in [5.41, 5.74) is 2.33. The Kier molecular flexibility index (Phi) is 4.53. The van der Waals surface area contributed by atoms with Crippen LogP contribution in [0.3, 0.4) is 0 Å². The zero-order chi connectivity index (χ0) is 17.9. The van der Waals surface area contributed by atoms with Crippen LogP contribution in [0, 0.1) is 0 Å². The van der Waals surface area contributed by atoms with Crippen LogP contribution in [0.4, 0.5) is 0 Å². The van der Waals surface area contributed by atoms with Crippen molar-refractivity contribution in [2.45, 2.75) is 25.4 Å². The molecule has 0 saturated heterocycles. The van der Waals surface area contributed by atoms with Crippen molar-refractivity contribution in [2.24, 2.45) is 0 Å². The maximum atomic E-state index is 12.0. The lowest BCUT2D eigenvalue weighted by Gasteiger charge is -2.03. The average Bonchev–Trinajstić information content (AvgIpc) is 3.21. The second-order valence-electron chi connectivity index (χ2n) is 6.25. The summed E-state index contributed by atoms with van der Waals surface area (Å²) in [5, 5.41) is 7.74. The molecule has 2 amide bonds. The number of carbonyl (C=O) groups excluding carboxylic acids is 2. The molecule has 3 aromatic rings. The van der Waals surface area contributed by atoms with Gasteiger partial charge in [-0.05, 0) is 36.6 Å². The maximum Gasteiger partial charge on any atom is 0.251 e. The number of hydrogen-bond donors (Lipinski definition) is 2. The molecule has 2 heterocycles. The number of fused-ring (bicyclic) bond motifs is 1. The molecule has 1 fully saturated rings. The molecule has 4 rings (SSSR count). The second kappa shape index (κ2) is 7.13. The Morgan fingerprint density at radius 3 is 2.81 bits per heavy atom. The minimum Gasteiger partial charge on any atom is -0.349 e. The number of nitrogens with one attached hydrogen (secondary N) is 2. The molecule has 2 aromatic heterocycles. The maximum absolute atomic E-state index is 12.0. The SMILES string of the molecule is O=C(/C=C/c1ccc(C(=O)NC2CC2)cc1)NCc1cn2ccsc2n1. The predicted octanol–water partition coefficient (Wildman–Crippen LogP) is 2.62. The highest BCUT2D eigenvalue weighted by molar-refractivity contribution is 7.15. The van der Waals surface area contributed by atoms with Crippen molar-refractivity contribution in [1.29, 1.82) is 0 Å². The van der Waals surface area contributed by atoms with Gasteiger partial charge < -0.3 is 10.6 Å². The summed E-state index contributed by atoms with van der Waals surface area (Å²) in [6.45, 7) is 0.387. The lowest BCUT2D eigenvalue weighted by Crippen LogP contribution is -2.25. The summed E-state index contributed by atoms with van der Waals surface area (Å²) in [7, 11) is 0. The van der Waals surface area contributed by atoms with Gasteiger partial charge in [0.2, 0.25) is 5.91 Å². The molecule has 0 spiro atoms. The fourth-order valence-corrected chi connectivity index (χ4v) is 3.23. The summed E-state index contributed by atoms with van der Waals surface area (Å²) in [5.74, 6) is -0.224. The molecule has 1 saturated carbocycles. The van der Waals surface area contributed by atoms with Gasteiger partial charge in [0.25, 0.3) is 5.91 Å². The minimum absolute atomic E-state index is 0.0410. The number of thiazole rings is 1. The van der Waals surface area contributed by atoms with Crippen LogP contribution in [-0.4, -0.2) is 27.2 Å². The predicted molar refractivity (Wildman–Crippen MR) is 101 cm³/mol. The standard InChI is InChI=1S/C19H18N4O2S/c24-17(20-11-16-12-23-9-10-26-19(23)22-16)8-3-13-1-4-14(5-2-13)18(25)21-15-6-7-15/h1-5,8-10,12,15H,6-7,11H2,(H,20,24)(H,21,25)/b8-3+. The first kappa shape index (κ1) is 16.5. The summed E-state index contributed by atoms with van der Waals surface area (Å²) in [6, 6.07) is 7.54. The first-order chi connectivity index (χ1) is 12.7. The Labute approximate surface area is 154 Å². The molecule has 0 aliphatic heterocycles. The molecule has 132 valence electrons. The van der Waals surface area contributed by atoms with Gasteiger partial charge in [-0.2, -0.15) is 0 Å². The number of rotatable bonds is 6. The quantitative estimate of drug-likeness (QED) is 0.659. The lowest BCUT2D eigenvalue weighted by atomic mass is 10.1. The number of hydrogen-bond acceptors (Lipinski definition) is 4. The largest absolute Gasteiger partial charge is 0.349 e. The van der Waals surface area contributed by atoms with E-state index in [0.29, 0.717) is 18.2 Å². The van der Waals surface area contributed by atoms with Crippen LogP contribution in [0.5, 0.6) is 0 Å². The van der Waals surface area contributed by atoms with E-state index in [1.54, 1.807) is 29.5 Å². The topological polar surface area (TPSA) is 75.5 Å². The van der Waals surface area contributed by atoms with Crippen LogP contribution < -0.4 is 10.6 Å². The zero-order valence-corrected chi connectivity index (χ0v) is 14.8. The van der Waals surface area contributed by atoms with Crippen LogP contribution in [0.1, 0.15) is 34.5 Å². The van der Waals surface area contributed by atoms with E-state index in [-0.39, 0.29) is 11.8 Å².